The summed E-state index contributed by atoms with van der Waals surface area (Å²) in [5, 5.41) is 6.78. The molecule has 0 atom stereocenters. The van der Waals surface area contributed by atoms with Gasteiger partial charge in [0.1, 0.15) is 11.3 Å². The van der Waals surface area contributed by atoms with Gasteiger partial charge in [0.25, 0.3) is 5.91 Å². The van der Waals surface area contributed by atoms with Crippen molar-refractivity contribution in [2.75, 3.05) is 0 Å². The molecule has 100 valence electrons. The maximum atomic E-state index is 12.1. The summed E-state index contributed by atoms with van der Waals surface area (Å²) in [6, 6.07) is 8.08. The van der Waals surface area contributed by atoms with E-state index >= 15 is 0 Å². The number of carbonyl (C=O) groups is 1. The lowest BCUT2D eigenvalue weighted by atomic mass is 10.1. The lowest BCUT2D eigenvalue weighted by molar-refractivity contribution is 0.0948. The van der Waals surface area contributed by atoms with Gasteiger partial charge in [-0.1, -0.05) is 41.9 Å². The van der Waals surface area contributed by atoms with Crippen molar-refractivity contribution < 1.29 is 9.32 Å². The molecule has 0 aliphatic rings. The molecular formula is C15H18N2O2. The van der Waals surface area contributed by atoms with Gasteiger partial charge in [0.15, 0.2) is 0 Å². The van der Waals surface area contributed by atoms with E-state index in [2.05, 4.69) is 10.5 Å². The highest BCUT2D eigenvalue weighted by Crippen LogP contribution is 2.14. The summed E-state index contributed by atoms with van der Waals surface area (Å²) in [4.78, 5) is 12.1. The number of nitrogens with one attached hydrogen (secondary N) is 1. The molecule has 0 radical (unpaired) electrons. The van der Waals surface area contributed by atoms with E-state index < -0.39 is 0 Å². The topological polar surface area (TPSA) is 55.1 Å². The van der Waals surface area contributed by atoms with Crippen LogP contribution in [0.5, 0.6) is 0 Å². The van der Waals surface area contributed by atoms with Gasteiger partial charge in [-0.2, -0.15) is 0 Å². The predicted octanol–water partition coefficient (Wildman–Crippen LogP) is 2.78. The molecule has 1 amide bonds. The number of aryl methyl sites for hydroxylation is 3. The molecular weight excluding hydrogens is 240 g/mol. The Hall–Kier alpha value is -2.10. The molecule has 0 fully saturated rings. The van der Waals surface area contributed by atoms with Crippen molar-refractivity contribution in [1.29, 1.82) is 0 Å². The normalized spacial score (nSPS) is 10.5. The quantitative estimate of drug-likeness (QED) is 0.917. The van der Waals surface area contributed by atoms with Crippen LogP contribution < -0.4 is 5.32 Å². The highest BCUT2D eigenvalue weighted by Gasteiger charge is 2.18. The lowest BCUT2D eigenvalue weighted by Gasteiger charge is -2.05. The maximum Gasteiger partial charge on any atom is 0.257 e. The van der Waals surface area contributed by atoms with Crippen LogP contribution in [0.15, 0.2) is 28.8 Å². The molecule has 0 saturated heterocycles. The Balaban J connectivity index is 2.05. The number of amides is 1. The van der Waals surface area contributed by atoms with Crippen molar-refractivity contribution in [2.24, 2.45) is 0 Å². The molecule has 1 N–H and O–H groups in total. The smallest absolute Gasteiger partial charge is 0.257 e. The fourth-order valence-corrected chi connectivity index (χ4v) is 1.93. The molecule has 4 heteroatoms. The highest BCUT2D eigenvalue weighted by molar-refractivity contribution is 5.96. The first-order valence-corrected chi connectivity index (χ1v) is 6.40. The predicted molar refractivity (Wildman–Crippen MR) is 73.0 cm³/mol. The standard InChI is InChI=1S/C15H18N2O2/c1-4-13-14(11(3)19-17-13)15(18)16-9-12-7-5-10(2)6-8-12/h5-8H,4,9H2,1-3H3,(H,16,18). The molecule has 2 aromatic rings. The second-order valence-electron chi connectivity index (χ2n) is 4.58. The van der Waals surface area contributed by atoms with Gasteiger partial charge >= 0.3 is 0 Å². The van der Waals surface area contributed by atoms with E-state index in [0.29, 0.717) is 30.0 Å². The Bertz CT molecular complexity index is 570. The molecule has 0 bridgehead atoms. The molecule has 0 saturated carbocycles. The summed E-state index contributed by atoms with van der Waals surface area (Å²) in [7, 11) is 0. The monoisotopic (exact) mass is 258 g/mol. The molecule has 0 unspecified atom stereocenters. The Labute approximate surface area is 112 Å². The van der Waals surface area contributed by atoms with Crippen molar-refractivity contribution in [3.05, 3.63) is 52.4 Å². The minimum absolute atomic E-state index is 0.129. The Kier molecular flexibility index (Phi) is 4.00. The van der Waals surface area contributed by atoms with Gasteiger partial charge in [0.05, 0.1) is 5.69 Å². The number of carbonyl (C=O) groups excluding carboxylic acids is 1. The molecule has 19 heavy (non-hydrogen) atoms. The minimum atomic E-state index is -0.129. The average molecular weight is 258 g/mol. The SMILES string of the molecule is CCc1noc(C)c1C(=O)NCc1ccc(C)cc1. The van der Waals surface area contributed by atoms with Crippen LogP contribution in [0.1, 0.15) is 39.9 Å². The summed E-state index contributed by atoms with van der Waals surface area (Å²) in [5.74, 6) is 0.439. The molecule has 0 spiro atoms. The van der Waals surface area contributed by atoms with Crippen LogP contribution in [0.25, 0.3) is 0 Å². The second kappa shape index (κ2) is 5.69. The van der Waals surface area contributed by atoms with Crippen molar-refractivity contribution in [3.63, 3.8) is 0 Å². The molecule has 0 aliphatic carbocycles. The number of hydrogen-bond donors (Lipinski definition) is 1. The van der Waals surface area contributed by atoms with Gasteiger partial charge in [-0.05, 0) is 25.8 Å². The number of hydrogen-bond acceptors (Lipinski definition) is 3. The number of rotatable bonds is 4. The van der Waals surface area contributed by atoms with Gasteiger partial charge in [-0.25, -0.2) is 0 Å². The first-order valence-electron chi connectivity index (χ1n) is 6.40. The molecule has 1 aromatic heterocycles. The third-order valence-corrected chi connectivity index (χ3v) is 3.07. The number of aromatic nitrogens is 1. The summed E-state index contributed by atoms with van der Waals surface area (Å²) >= 11 is 0. The zero-order valence-electron chi connectivity index (χ0n) is 11.5. The first-order chi connectivity index (χ1) is 9.11. The van der Waals surface area contributed by atoms with Gasteiger partial charge in [-0.3, -0.25) is 4.79 Å². The maximum absolute atomic E-state index is 12.1. The van der Waals surface area contributed by atoms with E-state index in [1.807, 2.05) is 38.1 Å². The summed E-state index contributed by atoms with van der Waals surface area (Å²) in [6.45, 7) is 6.25. The van der Waals surface area contributed by atoms with E-state index in [-0.39, 0.29) is 5.91 Å². The third-order valence-electron chi connectivity index (χ3n) is 3.07. The van der Waals surface area contributed by atoms with Crippen molar-refractivity contribution in [2.45, 2.75) is 33.7 Å². The molecule has 4 nitrogen and oxygen atoms in total. The van der Waals surface area contributed by atoms with Crippen molar-refractivity contribution in [3.8, 4) is 0 Å². The summed E-state index contributed by atoms with van der Waals surface area (Å²) < 4.78 is 5.06. The van der Waals surface area contributed by atoms with Crippen LogP contribution in [0, 0.1) is 13.8 Å². The largest absolute Gasteiger partial charge is 0.361 e. The second-order valence-corrected chi connectivity index (χ2v) is 4.58. The third kappa shape index (κ3) is 3.02. The minimum Gasteiger partial charge on any atom is -0.361 e. The van der Waals surface area contributed by atoms with Crippen LogP contribution in [0.3, 0.4) is 0 Å². The van der Waals surface area contributed by atoms with Crippen molar-refractivity contribution in [1.82, 2.24) is 10.5 Å². The summed E-state index contributed by atoms with van der Waals surface area (Å²) in [6.07, 6.45) is 0.685. The molecule has 2 rings (SSSR count). The van der Waals surface area contributed by atoms with Gasteiger partial charge in [0.2, 0.25) is 0 Å². The Morgan fingerprint density at radius 1 is 1.26 bits per heavy atom. The average Bonchev–Trinajstić information content (AvgIpc) is 2.79. The van der Waals surface area contributed by atoms with E-state index in [4.69, 9.17) is 4.52 Å². The molecule has 1 aromatic carbocycles. The zero-order valence-corrected chi connectivity index (χ0v) is 11.5. The Morgan fingerprint density at radius 3 is 2.58 bits per heavy atom. The van der Waals surface area contributed by atoms with Gasteiger partial charge < -0.3 is 9.84 Å². The molecule has 1 heterocycles. The zero-order chi connectivity index (χ0) is 13.8. The molecule has 0 aliphatic heterocycles. The van der Waals surface area contributed by atoms with Gasteiger partial charge in [0, 0.05) is 6.54 Å². The van der Waals surface area contributed by atoms with Crippen LogP contribution in [0.2, 0.25) is 0 Å². The van der Waals surface area contributed by atoms with Crippen molar-refractivity contribution >= 4 is 5.91 Å². The van der Waals surface area contributed by atoms with E-state index in [1.54, 1.807) is 6.92 Å². The number of nitrogens with zero attached hydrogens (tertiary/aromatic N) is 1. The van der Waals surface area contributed by atoms with E-state index in [1.165, 1.54) is 5.56 Å². The fourth-order valence-electron chi connectivity index (χ4n) is 1.93. The highest BCUT2D eigenvalue weighted by atomic mass is 16.5. The first kappa shape index (κ1) is 13.3. The summed E-state index contributed by atoms with van der Waals surface area (Å²) in [5.41, 5.74) is 3.55. The van der Waals surface area contributed by atoms with E-state index in [0.717, 1.165) is 5.56 Å². The van der Waals surface area contributed by atoms with Crippen LogP contribution in [-0.4, -0.2) is 11.1 Å². The van der Waals surface area contributed by atoms with Gasteiger partial charge in [-0.15, -0.1) is 0 Å². The lowest BCUT2D eigenvalue weighted by Crippen LogP contribution is -2.24. The fraction of sp³-hybridized carbons (Fsp3) is 0.333. The van der Waals surface area contributed by atoms with Crippen LogP contribution in [-0.2, 0) is 13.0 Å². The number of benzene rings is 1. The van der Waals surface area contributed by atoms with Crippen LogP contribution >= 0.6 is 0 Å². The van der Waals surface area contributed by atoms with Crippen LogP contribution in [0.4, 0.5) is 0 Å². The van der Waals surface area contributed by atoms with E-state index in [9.17, 15) is 4.79 Å². The Morgan fingerprint density at radius 2 is 1.95 bits per heavy atom.